The monoisotopic (exact) mass is 488 g/mol. The number of amides is 1. The fourth-order valence-corrected chi connectivity index (χ4v) is 5.07. The van der Waals surface area contributed by atoms with Gasteiger partial charge in [0.25, 0.3) is 5.91 Å². The molecule has 0 unspecified atom stereocenters. The van der Waals surface area contributed by atoms with Gasteiger partial charge < -0.3 is 10.6 Å². The molecule has 0 saturated carbocycles. The van der Waals surface area contributed by atoms with E-state index in [0.29, 0.717) is 29.3 Å². The van der Waals surface area contributed by atoms with Crippen molar-refractivity contribution in [1.82, 2.24) is 5.32 Å². The zero-order valence-corrected chi connectivity index (χ0v) is 19.4. The van der Waals surface area contributed by atoms with Crippen LogP contribution < -0.4 is 10.6 Å². The summed E-state index contributed by atoms with van der Waals surface area (Å²) in [7, 11) is 0. The second kappa shape index (κ2) is 9.49. The van der Waals surface area contributed by atoms with Gasteiger partial charge in [-0.05, 0) is 54.7 Å². The lowest BCUT2D eigenvalue weighted by Crippen LogP contribution is -2.37. The smallest absolute Gasteiger partial charge is 0.254 e. The van der Waals surface area contributed by atoms with Gasteiger partial charge in [0.2, 0.25) is 0 Å². The molecule has 5 rings (SSSR count). The van der Waals surface area contributed by atoms with Gasteiger partial charge in [0.05, 0.1) is 5.69 Å². The maximum Gasteiger partial charge on any atom is 0.254 e. The van der Waals surface area contributed by atoms with Crippen molar-refractivity contribution in [2.75, 3.05) is 5.32 Å². The van der Waals surface area contributed by atoms with Crippen molar-refractivity contribution in [2.24, 2.45) is 0 Å². The molecule has 36 heavy (non-hydrogen) atoms. The standard InChI is InChI=1S/C29H23F3N2O2/c1-16-26(29(36)34-23-12-11-21(31)15-22(23)32)27(18-7-9-20(30)10-8-18)28-24(33-16)13-19(14-25(28)35)17-5-3-2-4-6-17/h2-12,15,19,27,33H,13-14H2,1H3,(H,34,36)/t19-,27-/m1/s1. The number of rotatable bonds is 4. The number of allylic oxidation sites excluding steroid dienone is 3. The highest BCUT2D eigenvalue weighted by Crippen LogP contribution is 2.45. The molecule has 0 fully saturated rings. The van der Waals surface area contributed by atoms with Crippen LogP contribution >= 0.6 is 0 Å². The highest BCUT2D eigenvalue weighted by Gasteiger charge is 2.41. The van der Waals surface area contributed by atoms with Crippen LogP contribution in [-0.4, -0.2) is 11.7 Å². The van der Waals surface area contributed by atoms with E-state index in [-0.39, 0.29) is 29.4 Å². The second-order valence-electron chi connectivity index (χ2n) is 9.06. The third kappa shape index (κ3) is 4.44. The number of hydrogen-bond acceptors (Lipinski definition) is 3. The van der Waals surface area contributed by atoms with E-state index in [9.17, 15) is 22.8 Å². The van der Waals surface area contributed by atoms with E-state index in [0.717, 1.165) is 23.4 Å². The molecule has 182 valence electrons. The minimum Gasteiger partial charge on any atom is -0.362 e. The number of carbonyl (C=O) groups excluding carboxylic acids is 2. The Hall–Kier alpha value is -4.13. The number of benzene rings is 3. The molecule has 0 spiro atoms. The van der Waals surface area contributed by atoms with Crippen LogP contribution in [-0.2, 0) is 9.59 Å². The molecule has 1 aliphatic carbocycles. The molecule has 0 bridgehead atoms. The Labute approximate surface area is 206 Å². The van der Waals surface area contributed by atoms with E-state index < -0.39 is 29.3 Å². The lowest BCUT2D eigenvalue weighted by molar-refractivity contribution is -0.116. The Morgan fingerprint density at radius 2 is 1.58 bits per heavy atom. The predicted octanol–water partition coefficient (Wildman–Crippen LogP) is 6.10. The molecular formula is C29H23F3N2O2. The first-order valence-corrected chi connectivity index (χ1v) is 11.6. The van der Waals surface area contributed by atoms with Gasteiger partial charge in [-0.1, -0.05) is 42.5 Å². The first-order chi connectivity index (χ1) is 17.3. The van der Waals surface area contributed by atoms with Crippen molar-refractivity contribution in [3.63, 3.8) is 0 Å². The Kier molecular flexibility index (Phi) is 6.22. The molecule has 1 heterocycles. The van der Waals surface area contributed by atoms with Gasteiger partial charge in [-0.2, -0.15) is 0 Å². The van der Waals surface area contributed by atoms with Crippen molar-refractivity contribution in [3.05, 3.63) is 124 Å². The first-order valence-electron chi connectivity index (χ1n) is 11.6. The molecule has 2 N–H and O–H groups in total. The number of ketones is 1. The molecular weight excluding hydrogens is 465 g/mol. The molecule has 1 aliphatic heterocycles. The van der Waals surface area contributed by atoms with Crippen LogP contribution in [0.2, 0.25) is 0 Å². The molecule has 3 aromatic rings. The van der Waals surface area contributed by atoms with Crippen molar-refractivity contribution in [1.29, 1.82) is 0 Å². The van der Waals surface area contributed by atoms with Crippen molar-refractivity contribution in [2.45, 2.75) is 31.6 Å². The predicted molar refractivity (Wildman–Crippen MR) is 130 cm³/mol. The van der Waals surface area contributed by atoms with E-state index in [1.807, 2.05) is 30.3 Å². The lowest BCUT2D eigenvalue weighted by Gasteiger charge is -2.37. The van der Waals surface area contributed by atoms with Crippen LogP contribution in [0.5, 0.6) is 0 Å². The van der Waals surface area contributed by atoms with Gasteiger partial charge >= 0.3 is 0 Å². The summed E-state index contributed by atoms with van der Waals surface area (Å²) < 4.78 is 41.4. The maximum absolute atomic E-state index is 14.3. The minimum atomic E-state index is -0.914. The Morgan fingerprint density at radius 3 is 2.28 bits per heavy atom. The van der Waals surface area contributed by atoms with Crippen molar-refractivity contribution < 1.29 is 22.8 Å². The molecule has 4 nitrogen and oxygen atoms in total. The molecule has 0 saturated heterocycles. The molecule has 7 heteroatoms. The van der Waals surface area contributed by atoms with E-state index in [4.69, 9.17) is 0 Å². The summed E-state index contributed by atoms with van der Waals surface area (Å²) in [4.78, 5) is 27.0. The fourth-order valence-electron chi connectivity index (χ4n) is 5.07. The third-order valence-electron chi connectivity index (χ3n) is 6.73. The van der Waals surface area contributed by atoms with Crippen LogP contribution in [0, 0.1) is 17.5 Å². The van der Waals surface area contributed by atoms with Crippen molar-refractivity contribution >= 4 is 17.4 Å². The van der Waals surface area contributed by atoms with E-state index in [2.05, 4.69) is 10.6 Å². The summed E-state index contributed by atoms with van der Waals surface area (Å²) in [5, 5.41) is 5.76. The largest absolute Gasteiger partial charge is 0.362 e. The van der Waals surface area contributed by atoms with E-state index in [1.54, 1.807) is 19.1 Å². The van der Waals surface area contributed by atoms with E-state index >= 15 is 0 Å². The number of dihydropyridines is 1. The summed E-state index contributed by atoms with van der Waals surface area (Å²) in [5.41, 5.74) is 3.33. The molecule has 2 aliphatic rings. The normalized spacial score (nSPS) is 19.6. The highest BCUT2D eigenvalue weighted by molar-refractivity contribution is 6.10. The van der Waals surface area contributed by atoms with E-state index in [1.165, 1.54) is 12.1 Å². The van der Waals surface area contributed by atoms with Gasteiger partial charge in [0, 0.05) is 40.9 Å². The molecule has 0 radical (unpaired) electrons. The Morgan fingerprint density at radius 1 is 0.889 bits per heavy atom. The topological polar surface area (TPSA) is 58.2 Å². The Bertz CT molecular complexity index is 1410. The maximum atomic E-state index is 14.3. The minimum absolute atomic E-state index is 0.0182. The zero-order chi connectivity index (χ0) is 25.4. The number of hydrogen-bond donors (Lipinski definition) is 2. The van der Waals surface area contributed by atoms with Crippen molar-refractivity contribution in [3.8, 4) is 0 Å². The van der Waals surface area contributed by atoms with Gasteiger partial charge in [-0.25, -0.2) is 13.2 Å². The average molecular weight is 489 g/mol. The third-order valence-corrected chi connectivity index (χ3v) is 6.73. The number of halogens is 3. The zero-order valence-electron chi connectivity index (χ0n) is 19.4. The van der Waals surface area contributed by atoms with Crippen LogP contribution in [0.1, 0.15) is 42.7 Å². The van der Waals surface area contributed by atoms with Gasteiger partial charge in [0.1, 0.15) is 17.5 Å². The summed E-state index contributed by atoms with van der Waals surface area (Å²) in [5.74, 6) is -3.66. The summed E-state index contributed by atoms with van der Waals surface area (Å²) in [6, 6.07) is 18.3. The average Bonchev–Trinajstić information content (AvgIpc) is 2.85. The Balaban J connectivity index is 1.56. The number of nitrogens with one attached hydrogen (secondary N) is 2. The highest BCUT2D eigenvalue weighted by atomic mass is 19.1. The summed E-state index contributed by atoms with van der Waals surface area (Å²) in [6.07, 6.45) is 0.838. The molecule has 3 aromatic carbocycles. The van der Waals surface area contributed by atoms with Crippen LogP contribution in [0.25, 0.3) is 0 Å². The molecule has 0 aromatic heterocycles. The quantitative estimate of drug-likeness (QED) is 0.466. The van der Waals surface area contributed by atoms with Gasteiger partial charge in [0.15, 0.2) is 5.78 Å². The first kappa shape index (κ1) is 23.6. The number of carbonyl (C=O) groups is 2. The van der Waals surface area contributed by atoms with Crippen LogP contribution in [0.15, 0.2) is 95.3 Å². The van der Waals surface area contributed by atoms with Crippen LogP contribution in [0.4, 0.5) is 18.9 Å². The SMILES string of the molecule is CC1=C(C(=O)Nc2ccc(F)cc2F)[C@@H](c2ccc(F)cc2)C2=C(C[C@@H](c3ccccc3)CC2=O)N1. The van der Waals surface area contributed by atoms with Gasteiger partial charge in [-0.15, -0.1) is 0 Å². The number of Topliss-reactive ketones (excluding diaryl/α,β-unsaturated/α-hetero) is 1. The summed E-state index contributed by atoms with van der Waals surface area (Å²) >= 11 is 0. The second-order valence-corrected chi connectivity index (χ2v) is 9.06. The lowest BCUT2D eigenvalue weighted by atomic mass is 9.71. The molecule has 2 atom stereocenters. The van der Waals surface area contributed by atoms with Gasteiger partial charge in [-0.3, -0.25) is 9.59 Å². The number of anilines is 1. The molecule has 1 amide bonds. The fraction of sp³-hybridized carbons (Fsp3) is 0.172. The summed E-state index contributed by atoms with van der Waals surface area (Å²) in [6.45, 7) is 1.72. The van der Waals surface area contributed by atoms with Crippen LogP contribution in [0.3, 0.4) is 0 Å².